The van der Waals surface area contributed by atoms with Crippen LogP contribution in [0, 0.1) is 0 Å². The van der Waals surface area contributed by atoms with Gasteiger partial charge < -0.3 is 9.13 Å². The molecule has 0 spiro atoms. The molecule has 2 aromatic heterocycles. The van der Waals surface area contributed by atoms with Gasteiger partial charge in [0.05, 0.1) is 22.1 Å². The standard InChI is InChI=1S/C42H27ClN2/c43-30-26-28(33-19-11-21-37-35-17-7-9-23-39(35)44(41(33)37)31-13-3-1-4-14-31)25-29(27-30)34-20-12-22-38-36-18-8-10-24-40(36)45(42(34)38)32-15-5-2-6-16-32/h1-27H. The van der Waals surface area contributed by atoms with Gasteiger partial charge in [-0.2, -0.15) is 0 Å². The Kier molecular flexibility index (Phi) is 5.90. The van der Waals surface area contributed by atoms with Gasteiger partial charge in [-0.25, -0.2) is 0 Å². The Morgan fingerprint density at radius 2 is 0.756 bits per heavy atom. The minimum absolute atomic E-state index is 0.709. The number of rotatable bonds is 4. The van der Waals surface area contributed by atoms with Crippen LogP contribution < -0.4 is 0 Å². The molecule has 7 aromatic carbocycles. The number of benzene rings is 7. The van der Waals surface area contributed by atoms with Crippen molar-refractivity contribution in [1.82, 2.24) is 9.13 Å². The Labute approximate surface area is 266 Å². The average molecular weight is 595 g/mol. The van der Waals surface area contributed by atoms with Gasteiger partial charge in [-0.1, -0.05) is 121 Å². The fourth-order valence-corrected chi connectivity index (χ4v) is 7.33. The highest BCUT2D eigenvalue weighted by Crippen LogP contribution is 2.42. The molecule has 9 rings (SSSR count). The van der Waals surface area contributed by atoms with Crippen molar-refractivity contribution in [3.63, 3.8) is 0 Å². The summed E-state index contributed by atoms with van der Waals surface area (Å²) in [5.41, 5.74) is 11.5. The largest absolute Gasteiger partial charge is 0.309 e. The van der Waals surface area contributed by atoms with Gasteiger partial charge in [0.15, 0.2) is 0 Å². The Morgan fingerprint density at radius 1 is 0.356 bits per heavy atom. The molecule has 0 amide bonds. The minimum atomic E-state index is 0.709. The zero-order chi connectivity index (χ0) is 29.9. The fourth-order valence-electron chi connectivity index (χ4n) is 7.09. The molecule has 0 saturated carbocycles. The second kappa shape index (κ2) is 10.3. The second-order valence-electron chi connectivity index (χ2n) is 11.5. The van der Waals surface area contributed by atoms with Crippen molar-refractivity contribution in [3.8, 4) is 33.6 Å². The zero-order valence-electron chi connectivity index (χ0n) is 24.4. The third kappa shape index (κ3) is 4.03. The summed E-state index contributed by atoms with van der Waals surface area (Å²) in [5.74, 6) is 0. The second-order valence-corrected chi connectivity index (χ2v) is 11.9. The molecule has 0 aliphatic carbocycles. The molecule has 0 atom stereocenters. The normalized spacial score (nSPS) is 11.7. The summed E-state index contributed by atoms with van der Waals surface area (Å²) in [5, 5.41) is 5.62. The van der Waals surface area contributed by atoms with Crippen molar-refractivity contribution < 1.29 is 0 Å². The van der Waals surface area contributed by atoms with Gasteiger partial charge in [-0.15, -0.1) is 0 Å². The number of para-hydroxylation sites is 6. The molecule has 212 valence electrons. The van der Waals surface area contributed by atoms with E-state index in [1.165, 1.54) is 43.6 Å². The summed E-state index contributed by atoms with van der Waals surface area (Å²) < 4.78 is 4.77. The van der Waals surface area contributed by atoms with E-state index in [9.17, 15) is 0 Å². The lowest BCUT2D eigenvalue weighted by molar-refractivity contribution is 1.18. The van der Waals surface area contributed by atoms with Crippen molar-refractivity contribution in [3.05, 3.63) is 169 Å². The highest BCUT2D eigenvalue weighted by molar-refractivity contribution is 6.31. The lowest BCUT2D eigenvalue weighted by Crippen LogP contribution is -1.96. The van der Waals surface area contributed by atoms with Gasteiger partial charge in [-0.3, -0.25) is 0 Å². The summed E-state index contributed by atoms with van der Waals surface area (Å²) >= 11 is 7.01. The number of aromatic nitrogens is 2. The highest BCUT2D eigenvalue weighted by atomic mass is 35.5. The molecule has 0 N–H and O–H groups in total. The van der Waals surface area contributed by atoms with E-state index in [1.807, 2.05) is 0 Å². The van der Waals surface area contributed by atoms with E-state index in [0.29, 0.717) is 5.02 Å². The van der Waals surface area contributed by atoms with Crippen molar-refractivity contribution in [2.24, 2.45) is 0 Å². The number of fused-ring (bicyclic) bond motifs is 6. The van der Waals surface area contributed by atoms with E-state index in [4.69, 9.17) is 11.6 Å². The first-order valence-electron chi connectivity index (χ1n) is 15.2. The van der Waals surface area contributed by atoms with E-state index in [-0.39, 0.29) is 0 Å². The molecule has 0 bridgehead atoms. The summed E-state index contributed by atoms with van der Waals surface area (Å²) in [6, 6.07) is 58.3. The van der Waals surface area contributed by atoms with Crippen molar-refractivity contribution >= 4 is 55.2 Å². The van der Waals surface area contributed by atoms with E-state index >= 15 is 0 Å². The number of nitrogens with zero attached hydrogens (tertiary/aromatic N) is 2. The van der Waals surface area contributed by atoms with Crippen LogP contribution >= 0.6 is 11.6 Å². The molecular formula is C42H27ClN2. The molecule has 2 heterocycles. The lowest BCUT2D eigenvalue weighted by Gasteiger charge is -2.15. The molecule has 0 saturated heterocycles. The van der Waals surface area contributed by atoms with Gasteiger partial charge in [0.2, 0.25) is 0 Å². The molecule has 0 aliphatic rings. The minimum Gasteiger partial charge on any atom is -0.309 e. The molecule has 3 heteroatoms. The third-order valence-corrected chi connectivity index (χ3v) is 9.16. The predicted molar refractivity (Wildman–Crippen MR) is 191 cm³/mol. The van der Waals surface area contributed by atoms with Crippen LogP contribution in [-0.2, 0) is 0 Å². The maximum absolute atomic E-state index is 7.01. The fraction of sp³-hybridized carbons (Fsp3) is 0. The summed E-state index contributed by atoms with van der Waals surface area (Å²) in [6.45, 7) is 0. The van der Waals surface area contributed by atoms with E-state index in [2.05, 4.69) is 173 Å². The Morgan fingerprint density at radius 3 is 1.22 bits per heavy atom. The topological polar surface area (TPSA) is 9.86 Å². The first-order chi connectivity index (χ1) is 22.3. The molecule has 0 fully saturated rings. The van der Waals surface area contributed by atoms with Crippen molar-refractivity contribution in [2.75, 3.05) is 0 Å². The molecule has 9 aromatic rings. The van der Waals surface area contributed by atoms with Gasteiger partial charge in [0, 0.05) is 49.1 Å². The van der Waals surface area contributed by atoms with Crippen LogP contribution in [-0.4, -0.2) is 9.13 Å². The Bertz CT molecular complexity index is 2360. The van der Waals surface area contributed by atoms with Crippen LogP contribution in [0.25, 0.3) is 77.2 Å². The van der Waals surface area contributed by atoms with Crippen LogP contribution in [0.15, 0.2) is 164 Å². The van der Waals surface area contributed by atoms with Gasteiger partial charge >= 0.3 is 0 Å². The Hall–Kier alpha value is -5.57. The molecule has 0 aliphatic heterocycles. The SMILES string of the molecule is Clc1cc(-c2cccc3c4ccccc4n(-c4ccccc4)c23)cc(-c2cccc3c4ccccc4n(-c4ccccc4)c23)c1. The highest BCUT2D eigenvalue weighted by Gasteiger charge is 2.19. The lowest BCUT2D eigenvalue weighted by atomic mass is 9.96. The first kappa shape index (κ1) is 25.9. The monoisotopic (exact) mass is 594 g/mol. The predicted octanol–water partition coefficient (Wildman–Crippen LogP) is 11.9. The molecule has 0 unspecified atom stereocenters. The quantitative estimate of drug-likeness (QED) is 0.192. The maximum Gasteiger partial charge on any atom is 0.0619 e. The van der Waals surface area contributed by atoms with E-state index in [0.717, 1.165) is 33.6 Å². The van der Waals surface area contributed by atoms with Gasteiger partial charge in [0.25, 0.3) is 0 Å². The smallest absolute Gasteiger partial charge is 0.0619 e. The van der Waals surface area contributed by atoms with Crippen LogP contribution in [0.5, 0.6) is 0 Å². The molecular weight excluding hydrogens is 568 g/mol. The summed E-state index contributed by atoms with van der Waals surface area (Å²) in [4.78, 5) is 0. The summed E-state index contributed by atoms with van der Waals surface area (Å²) in [7, 11) is 0. The molecule has 45 heavy (non-hydrogen) atoms. The number of halogens is 1. The first-order valence-corrected chi connectivity index (χ1v) is 15.6. The molecule has 2 nitrogen and oxygen atoms in total. The van der Waals surface area contributed by atoms with Crippen LogP contribution in [0.4, 0.5) is 0 Å². The number of hydrogen-bond donors (Lipinski definition) is 0. The number of hydrogen-bond acceptors (Lipinski definition) is 0. The zero-order valence-corrected chi connectivity index (χ0v) is 25.1. The summed E-state index contributed by atoms with van der Waals surface area (Å²) in [6.07, 6.45) is 0. The van der Waals surface area contributed by atoms with Gasteiger partial charge in [0.1, 0.15) is 0 Å². The van der Waals surface area contributed by atoms with Crippen LogP contribution in [0.3, 0.4) is 0 Å². The Balaban J connectivity index is 1.35. The third-order valence-electron chi connectivity index (χ3n) is 8.94. The average Bonchev–Trinajstić information content (AvgIpc) is 3.62. The van der Waals surface area contributed by atoms with Crippen molar-refractivity contribution in [2.45, 2.75) is 0 Å². The molecule has 0 radical (unpaired) electrons. The maximum atomic E-state index is 7.01. The van der Waals surface area contributed by atoms with Crippen molar-refractivity contribution in [1.29, 1.82) is 0 Å². The van der Waals surface area contributed by atoms with E-state index < -0.39 is 0 Å². The van der Waals surface area contributed by atoms with Crippen LogP contribution in [0.2, 0.25) is 5.02 Å². The van der Waals surface area contributed by atoms with E-state index in [1.54, 1.807) is 0 Å². The van der Waals surface area contributed by atoms with Crippen LogP contribution in [0.1, 0.15) is 0 Å². The van der Waals surface area contributed by atoms with Gasteiger partial charge in [-0.05, 0) is 65.7 Å².